The van der Waals surface area contributed by atoms with Crippen LogP contribution in [0.1, 0.15) is 20.7 Å². The predicted molar refractivity (Wildman–Crippen MR) is 62.5 cm³/mol. The number of hydrogen-bond acceptors (Lipinski definition) is 4. The Morgan fingerprint density at radius 1 is 1.31 bits per heavy atom. The van der Waals surface area contributed by atoms with E-state index in [-0.39, 0.29) is 16.7 Å². The molecule has 0 saturated carbocycles. The SMILES string of the molecule is COC(=O)c1cc(C(=O)CBr)ccc1OC. The normalized spacial score (nSPS) is 9.69. The highest BCUT2D eigenvalue weighted by Crippen LogP contribution is 2.21. The molecule has 16 heavy (non-hydrogen) atoms. The van der Waals surface area contributed by atoms with Gasteiger partial charge in [0.25, 0.3) is 0 Å². The summed E-state index contributed by atoms with van der Waals surface area (Å²) in [6, 6.07) is 4.64. The van der Waals surface area contributed by atoms with E-state index >= 15 is 0 Å². The first-order valence-electron chi connectivity index (χ1n) is 4.49. The molecule has 86 valence electrons. The molecule has 0 saturated heterocycles. The van der Waals surface area contributed by atoms with Crippen molar-refractivity contribution < 1.29 is 19.1 Å². The number of carbonyl (C=O) groups is 2. The van der Waals surface area contributed by atoms with E-state index in [4.69, 9.17) is 4.74 Å². The zero-order valence-electron chi connectivity index (χ0n) is 8.95. The predicted octanol–water partition coefficient (Wildman–Crippen LogP) is 2.06. The van der Waals surface area contributed by atoms with Gasteiger partial charge in [0.05, 0.1) is 19.5 Å². The molecule has 0 unspecified atom stereocenters. The van der Waals surface area contributed by atoms with Crippen LogP contribution in [-0.4, -0.2) is 31.3 Å². The average molecular weight is 287 g/mol. The van der Waals surface area contributed by atoms with Gasteiger partial charge < -0.3 is 9.47 Å². The Balaban J connectivity index is 3.21. The van der Waals surface area contributed by atoms with Crippen LogP contribution in [0.25, 0.3) is 0 Å². The second-order valence-electron chi connectivity index (χ2n) is 2.96. The Labute approximate surface area is 102 Å². The molecule has 1 rings (SSSR count). The van der Waals surface area contributed by atoms with Crippen molar-refractivity contribution in [1.29, 1.82) is 0 Å². The highest BCUT2D eigenvalue weighted by Gasteiger charge is 2.15. The highest BCUT2D eigenvalue weighted by atomic mass is 79.9. The second-order valence-corrected chi connectivity index (χ2v) is 3.52. The molecule has 0 aliphatic rings. The Morgan fingerprint density at radius 2 is 2.00 bits per heavy atom. The van der Waals surface area contributed by atoms with Crippen LogP contribution in [0.5, 0.6) is 5.75 Å². The van der Waals surface area contributed by atoms with Crippen molar-refractivity contribution in [3.63, 3.8) is 0 Å². The van der Waals surface area contributed by atoms with Gasteiger partial charge in [-0.05, 0) is 18.2 Å². The molecule has 0 atom stereocenters. The number of rotatable bonds is 4. The van der Waals surface area contributed by atoms with E-state index in [1.807, 2.05) is 0 Å². The molecule has 1 aromatic carbocycles. The standard InChI is InChI=1S/C11H11BrO4/c1-15-10-4-3-7(9(13)6-12)5-8(10)11(14)16-2/h3-5H,6H2,1-2H3. The fourth-order valence-electron chi connectivity index (χ4n) is 1.23. The molecular weight excluding hydrogens is 276 g/mol. The molecule has 0 spiro atoms. The van der Waals surface area contributed by atoms with Crippen LogP contribution >= 0.6 is 15.9 Å². The van der Waals surface area contributed by atoms with E-state index in [1.165, 1.54) is 20.3 Å². The van der Waals surface area contributed by atoms with Crippen molar-refractivity contribution in [3.05, 3.63) is 29.3 Å². The van der Waals surface area contributed by atoms with E-state index in [2.05, 4.69) is 20.7 Å². The van der Waals surface area contributed by atoms with Gasteiger partial charge in [-0.15, -0.1) is 0 Å². The third-order valence-corrected chi connectivity index (χ3v) is 2.56. The molecule has 0 bridgehead atoms. The van der Waals surface area contributed by atoms with Crippen LogP contribution in [0.2, 0.25) is 0 Å². The second kappa shape index (κ2) is 5.65. The quantitative estimate of drug-likeness (QED) is 0.483. The zero-order chi connectivity index (χ0) is 12.1. The van der Waals surface area contributed by atoms with Crippen LogP contribution < -0.4 is 4.74 Å². The van der Waals surface area contributed by atoms with Crippen LogP contribution in [0.15, 0.2) is 18.2 Å². The van der Waals surface area contributed by atoms with Gasteiger partial charge in [0.2, 0.25) is 0 Å². The van der Waals surface area contributed by atoms with Gasteiger partial charge in [0.1, 0.15) is 11.3 Å². The Bertz CT molecular complexity index is 414. The molecule has 5 heteroatoms. The van der Waals surface area contributed by atoms with E-state index in [9.17, 15) is 9.59 Å². The summed E-state index contributed by atoms with van der Waals surface area (Å²) in [5.41, 5.74) is 0.690. The summed E-state index contributed by atoms with van der Waals surface area (Å²) in [6.07, 6.45) is 0. The molecule has 4 nitrogen and oxygen atoms in total. The molecule has 0 heterocycles. The van der Waals surface area contributed by atoms with Crippen LogP contribution in [0, 0.1) is 0 Å². The van der Waals surface area contributed by atoms with Gasteiger partial charge in [-0.3, -0.25) is 4.79 Å². The maximum absolute atomic E-state index is 11.4. The average Bonchev–Trinajstić information content (AvgIpc) is 2.35. The first-order valence-corrected chi connectivity index (χ1v) is 5.61. The number of methoxy groups -OCH3 is 2. The lowest BCUT2D eigenvalue weighted by atomic mass is 10.1. The first-order chi connectivity index (χ1) is 7.63. The monoisotopic (exact) mass is 286 g/mol. The molecule has 0 radical (unpaired) electrons. The third kappa shape index (κ3) is 2.61. The van der Waals surface area contributed by atoms with Crippen molar-refractivity contribution in [2.45, 2.75) is 0 Å². The number of carbonyl (C=O) groups excluding carboxylic acids is 2. The van der Waals surface area contributed by atoms with Crippen molar-refractivity contribution in [1.82, 2.24) is 0 Å². The molecule has 0 fully saturated rings. The molecular formula is C11H11BrO4. The number of esters is 1. The van der Waals surface area contributed by atoms with E-state index < -0.39 is 5.97 Å². The topological polar surface area (TPSA) is 52.6 Å². The highest BCUT2D eigenvalue weighted by molar-refractivity contribution is 9.09. The van der Waals surface area contributed by atoms with Gasteiger partial charge in [0.15, 0.2) is 5.78 Å². The van der Waals surface area contributed by atoms with Crippen molar-refractivity contribution in [3.8, 4) is 5.75 Å². The molecule has 0 aliphatic carbocycles. The molecule has 0 aliphatic heterocycles. The summed E-state index contributed by atoms with van der Waals surface area (Å²) < 4.78 is 9.62. The largest absolute Gasteiger partial charge is 0.496 e. The van der Waals surface area contributed by atoms with Gasteiger partial charge in [-0.1, -0.05) is 15.9 Å². The maximum atomic E-state index is 11.4. The number of benzene rings is 1. The summed E-state index contributed by atoms with van der Waals surface area (Å²) in [4.78, 5) is 22.9. The lowest BCUT2D eigenvalue weighted by molar-refractivity contribution is 0.0597. The molecule has 1 aromatic rings. The number of Topliss-reactive ketones (excluding diaryl/α,β-unsaturated/α-hetero) is 1. The number of ether oxygens (including phenoxy) is 2. The summed E-state index contributed by atoms with van der Waals surface area (Å²) in [5, 5.41) is 0.208. The van der Waals surface area contributed by atoms with Gasteiger partial charge in [-0.25, -0.2) is 4.79 Å². The number of alkyl halides is 1. The summed E-state index contributed by atoms with van der Waals surface area (Å²) in [7, 11) is 2.73. The smallest absolute Gasteiger partial charge is 0.341 e. The molecule has 0 amide bonds. The van der Waals surface area contributed by atoms with E-state index in [0.29, 0.717) is 11.3 Å². The van der Waals surface area contributed by atoms with Gasteiger partial charge in [-0.2, -0.15) is 0 Å². The zero-order valence-corrected chi connectivity index (χ0v) is 10.5. The third-order valence-electron chi connectivity index (χ3n) is 2.05. The lowest BCUT2D eigenvalue weighted by Crippen LogP contribution is -2.07. The number of ketones is 1. The lowest BCUT2D eigenvalue weighted by Gasteiger charge is -2.07. The minimum absolute atomic E-state index is 0.104. The molecule has 0 N–H and O–H groups in total. The minimum Gasteiger partial charge on any atom is -0.496 e. The van der Waals surface area contributed by atoms with Crippen molar-refractivity contribution in [2.75, 3.05) is 19.5 Å². The van der Waals surface area contributed by atoms with Crippen LogP contribution in [0.3, 0.4) is 0 Å². The fourth-order valence-corrected chi connectivity index (χ4v) is 1.55. The Morgan fingerprint density at radius 3 is 2.50 bits per heavy atom. The summed E-state index contributed by atoms with van der Waals surface area (Å²) in [5.74, 6) is -0.244. The van der Waals surface area contributed by atoms with Gasteiger partial charge in [0, 0.05) is 5.56 Å². The van der Waals surface area contributed by atoms with E-state index in [1.54, 1.807) is 12.1 Å². The van der Waals surface area contributed by atoms with Crippen molar-refractivity contribution >= 4 is 27.7 Å². The number of halogens is 1. The summed E-state index contributed by atoms with van der Waals surface area (Å²) in [6.45, 7) is 0. The van der Waals surface area contributed by atoms with Crippen LogP contribution in [-0.2, 0) is 4.74 Å². The molecule has 0 aromatic heterocycles. The Kier molecular flexibility index (Phi) is 4.49. The van der Waals surface area contributed by atoms with Gasteiger partial charge >= 0.3 is 5.97 Å². The first kappa shape index (κ1) is 12.7. The Hall–Kier alpha value is -1.36. The van der Waals surface area contributed by atoms with Crippen molar-refractivity contribution in [2.24, 2.45) is 0 Å². The fraction of sp³-hybridized carbons (Fsp3) is 0.273. The number of hydrogen-bond donors (Lipinski definition) is 0. The summed E-state index contributed by atoms with van der Waals surface area (Å²) >= 11 is 3.07. The van der Waals surface area contributed by atoms with E-state index in [0.717, 1.165) is 0 Å². The maximum Gasteiger partial charge on any atom is 0.341 e. The van der Waals surface area contributed by atoms with Crippen LogP contribution in [0.4, 0.5) is 0 Å². The minimum atomic E-state index is -0.527.